The Morgan fingerprint density at radius 1 is 1.09 bits per heavy atom. The van der Waals surface area contributed by atoms with Gasteiger partial charge in [0.15, 0.2) is 5.11 Å². The Hall–Kier alpha value is -2.40. The maximum atomic E-state index is 5.22. The number of hydrogen-bond donors (Lipinski definition) is 2. The van der Waals surface area contributed by atoms with Gasteiger partial charge < -0.3 is 10.1 Å². The predicted molar refractivity (Wildman–Crippen MR) is 100 cm³/mol. The number of ether oxygens (including phenoxy) is 1. The van der Waals surface area contributed by atoms with Crippen molar-refractivity contribution in [3.05, 3.63) is 59.7 Å². The fourth-order valence-electron chi connectivity index (χ4n) is 1.97. The van der Waals surface area contributed by atoms with Gasteiger partial charge in [-0.1, -0.05) is 26.0 Å². The minimum absolute atomic E-state index is 0.451. The molecule has 5 heteroatoms. The van der Waals surface area contributed by atoms with Crippen molar-refractivity contribution in [1.29, 1.82) is 0 Å². The van der Waals surface area contributed by atoms with Crippen LogP contribution >= 0.6 is 12.2 Å². The molecule has 0 bridgehead atoms. The van der Waals surface area contributed by atoms with E-state index in [2.05, 4.69) is 41.8 Å². The first-order valence-electron chi connectivity index (χ1n) is 7.42. The van der Waals surface area contributed by atoms with Gasteiger partial charge in [0.1, 0.15) is 5.75 Å². The van der Waals surface area contributed by atoms with Gasteiger partial charge in [0, 0.05) is 5.69 Å². The molecule has 2 aromatic rings. The third kappa shape index (κ3) is 5.38. The lowest BCUT2D eigenvalue weighted by molar-refractivity contribution is 0.415. The van der Waals surface area contributed by atoms with Crippen molar-refractivity contribution in [2.45, 2.75) is 19.8 Å². The number of rotatable bonds is 5. The summed E-state index contributed by atoms with van der Waals surface area (Å²) < 4.78 is 5.11. The summed E-state index contributed by atoms with van der Waals surface area (Å²) in [5, 5.41) is 7.67. The molecule has 2 aromatic carbocycles. The number of nitrogens with one attached hydrogen (secondary N) is 2. The summed E-state index contributed by atoms with van der Waals surface area (Å²) in [6.45, 7) is 4.34. The highest BCUT2D eigenvalue weighted by molar-refractivity contribution is 7.80. The molecule has 0 saturated carbocycles. The van der Waals surface area contributed by atoms with Crippen LogP contribution in [0, 0.1) is 0 Å². The molecular weight excluding hydrogens is 306 g/mol. The van der Waals surface area contributed by atoms with Crippen molar-refractivity contribution in [3.8, 4) is 5.75 Å². The van der Waals surface area contributed by atoms with Crippen LogP contribution in [-0.4, -0.2) is 18.4 Å². The largest absolute Gasteiger partial charge is 0.497 e. The molecule has 23 heavy (non-hydrogen) atoms. The van der Waals surface area contributed by atoms with Crippen molar-refractivity contribution in [2.75, 3.05) is 12.4 Å². The molecule has 4 nitrogen and oxygen atoms in total. The average Bonchev–Trinajstić information content (AvgIpc) is 2.56. The third-order valence-corrected chi connectivity index (χ3v) is 3.52. The molecule has 0 unspecified atom stereocenters. The summed E-state index contributed by atoms with van der Waals surface area (Å²) in [7, 11) is 1.64. The monoisotopic (exact) mass is 327 g/mol. The fourth-order valence-corrected chi connectivity index (χ4v) is 2.14. The van der Waals surface area contributed by atoms with Gasteiger partial charge in [-0.05, 0) is 65.7 Å². The van der Waals surface area contributed by atoms with Crippen LogP contribution < -0.4 is 15.5 Å². The molecule has 2 rings (SSSR count). The van der Waals surface area contributed by atoms with Gasteiger partial charge >= 0.3 is 0 Å². The number of methoxy groups -OCH3 is 1. The molecule has 0 spiro atoms. The molecule has 120 valence electrons. The van der Waals surface area contributed by atoms with Crippen LogP contribution in [0.15, 0.2) is 53.6 Å². The lowest BCUT2D eigenvalue weighted by atomic mass is 10.0. The van der Waals surface area contributed by atoms with Crippen LogP contribution in [-0.2, 0) is 0 Å². The second-order valence-electron chi connectivity index (χ2n) is 5.37. The van der Waals surface area contributed by atoms with Crippen molar-refractivity contribution in [1.82, 2.24) is 5.43 Å². The first kappa shape index (κ1) is 17.0. The van der Waals surface area contributed by atoms with Gasteiger partial charge in [-0.2, -0.15) is 5.10 Å². The van der Waals surface area contributed by atoms with Crippen molar-refractivity contribution >= 4 is 29.2 Å². The SMILES string of the molecule is COc1ccc(/C=N\NC(=S)Nc2ccc(C(C)C)cc2)cc1. The van der Waals surface area contributed by atoms with E-state index in [4.69, 9.17) is 17.0 Å². The lowest BCUT2D eigenvalue weighted by Crippen LogP contribution is -2.23. The predicted octanol–water partition coefficient (Wildman–Crippen LogP) is 4.14. The molecule has 0 aliphatic rings. The first-order valence-corrected chi connectivity index (χ1v) is 7.83. The smallest absolute Gasteiger partial charge is 0.191 e. The highest BCUT2D eigenvalue weighted by Gasteiger charge is 2.00. The van der Waals surface area contributed by atoms with E-state index in [1.807, 2.05) is 36.4 Å². The van der Waals surface area contributed by atoms with Gasteiger partial charge in [-0.3, -0.25) is 5.43 Å². The van der Waals surface area contributed by atoms with Gasteiger partial charge in [0.2, 0.25) is 0 Å². The number of nitrogens with zero attached hydrogens (tertiary/aromatic N) is 1. The van der Waals surface area contributed by atoms with E-state index in [1.54, 1.807) is 13.3 Å². The average molecular weight is 327 g/mol. The topological polar surface area (TPSA) is 45.6 Å². The van der Waals surface area contributed by atoms with E-state index in [9.17, 15) is 0 Å². The van der Waals surface area contributed by atoms with E-state index in [0.29, 0.717) is 11.0 Å². The Balaban J connectivity index is 1.85. The Morgan fingerprint density at radius 2 is 1.74 bits per heavy atom. The van der Waals surface area contributed by atoms with Gasteiger partial charge in [-0.15, -0.1) is 0 Å². The second kappa shape index (κ2) is 8.29. The minimum atomic E-state index is 0.451. The zero-order valence-corrected chi connectivity index (χ0v) is 14.4. The molecule has 0 aromatic heterocycles. The molecule has 0 heterocycles. The summed E-state index contributed by atoms with van der Waals surface area (Å²) in [6, 6.07) is 15.8. The zero-order chi connectivity index (χ0) is 16.7. The Bertz CT molecular complexity index is 664. The summed E-state index contributed by atoms with van der Waals surface area (Å²) in [5.74, 6) is 1.33. The Labute approximate surface area is 142 Å². The van der Waals surface area contributed by atoms with Crippen LogP contribution in [0.5, 0.6) is 5.75 Å². The summed E-state index contributed by atoms with van der Waals surface area (Å²) in [5.41, 5.74) is 6.00. The van der Waals surface area contributed by atoms with Crippen LogP contribution in [0.2, 0.25) is 0 Å². The van der Waals surface area contributed by atoms with Crippen LogP contribution in [0.3, 0.4) is 0 Å². The molecule has 0 radical (unpaired) electrons. The van der Waals surface area contributed by atoms with Crippen LogP contribution in [0.25, 0.3) is 0 Å². The van der Waals surface area contributed by atoms with Gasteiger partial charge in [0.25, 0.3) is 0 Å². The summed E-state index contributed by atoms with van der Waals surface area (Å²) >= 11 is 5.22. The maximum absolute atomic E-state index is 5.22. The fraction of sp³-hybridized carbons (Fsp3) is 0.222. The lowest BCUT2D eigenvalue weighted by Gasteiger charge is -2.09. The number of anilines is 1. The Morgan fingerprint density at radius 3 is 2.30 bits per heavy atom. The highest BCUT2D eigenvalue weighted by atomic mass is 32.1. The summed E-state index contributed by atoms with van der Waals surface area (Å²) in [6.07, 6.45) is 1.70. The maximum Gasteiger partial charge on any atom is 0.191 e. The van der Waals surface area contributed by atoms with E-state index >= 15 is 0 Å². The number of thiocarbonyl (C=S) groups is 1. The van der Waals surface area contributed by atoms with E-state index in [0.717, 1.165) is 17.0 Å². The standard InChI is InChI=1S/C18H21N3OS/c1-13(2)15-6-8-16(9-7-15)20-18(23)21-19-12-14-4-10-17(22-3)11-5-14/h4-13H,1-3H3,(H2,20,21,23)/b19-12-. The number of hydrogen-bond acceptors (Lipinski definition) is 3. The first-order chi connectivity index (χ1) is 11.1. The molecule has 0 atom stereocenters. The van der Waals surface area contributed by atoms with Crippen molar-refractivity contribution < 1.29 is 4.74 Å². The van der Waals surface area contributed by atoms with Gasteiger partial charge in [0.05, 0.1) is 13.3 Å². The molecule has 0 amide bonds. The highest BCUT2D eigenvalue weighted by Crippen LogP contribution is 2.17. The van der Waals surface area contributed by atoms with E-state index in [-0.39, 0.29) is 0 Å². The molecule has 0 fully saturated rings. The molecule has 0 saturated heterocycles. The van der Waals surface area contributed by atoms with Crippen molar-refractivity contribution in [2.24, 2.45) is 5.10 Å². The van der Waals surface area contributed by atoms with Crippen LogP contribution in [0.1, 0.15) is 30.9 Å². The van der Waals surface area contributed by atoms with Gasteiger partial charge in [-0.25, -0.2) is 0 Å². The molecule has 0 aliphatic carbocycles. The van der Waals surface area contributed by atoms with E-state index < -0.39 is 0 Å². The van der Waals surface area contributed by atoms with Crippen LogP contribution in [0.4, 0.5) is 5.69 Å². The Kier molecular flexibility index (Phi) is 6.11. The normalized spacial score (nSPS) is 10.8. The second-order valence-corrected chi connectivity index (χ2v) is 5.78. The zero-order valence-electron chi connectivity index (χ0n) is 13.5. The molecular formula is C18H21N3OS. The molecule has 0 aliphatic heterocycles. The minimum Gasteiger partial charge on any atom is -0.497 e. The molecule has 2 N–H and O–H groups in total. The summed E-state index contributed by atoms with van der Waals surface area (Å²) in [4.78, 5) is 0. The van der Waals surface area contributed by atoms with Crippen molar-refractivity contribution in [3.63, 3.8) is 0 Å². The third-order valence-electron chi connectivity index (χ3n) is 3.33. The quantitative estimate of drug-likeness (QED) is 0.492. The number of benzene rings is 2. The number of hydrazone groups is 1. The van der Waals surface area contributed by atoms with E-state index in [1.165, 1.54) is 5.56 Å².